The molecule has 0 saturated carbocycles. The predicted molar refractivity (Wildman–Crippen MR) is 117 cm³/mol. The van der Waals surface area contributed by atoms with Gasteiger partial charge in [0.05, 0.1) is 10.5 Å². The van der Waals surface area contributed by atoms with Crippen molar-refractivity contribution in [1.29, 1.82) is 0 Å². The van der Waals surface area contributed by atoms with Crippen LogP contribution in [-0.2, 0) is 12.0 Å². The zero-order chi connectivity index (χ0) is 22.8. The average molecular weight is 422 g/mol. The van der Waals surface area contributed by atoms with Crippen LogP contribution in [0, 0.1) is 15.9 Å². The Hall–Kier alpha value is -3.81. The monoisotopic (exact) mass is 422 g/mol. The Balaban J connectivity index is 1.75. The van der Waals surface area contributed by atoms with Crippen LogP contribution in [0.4, 0.5) is 15.9 Å². The van der Waals surface area contributed by atoms with Gasteiger partial charge in [0, 0.05) is 23.9 Å². The van der Waals surface area contributed by atoms with E-state index < -0.39 is 10.7 Å². The molecular weight excluding hydrogens is 399 g/mol. The molecule has 2 aromatic carbocycles. The number of halogens is 1. The zero-order valence-electron chi connectivity index (χ0n) is 17.5. The number of nitrogens with one attached hydrogen (secondary N) is 1. The van der Waals surface area contributed by atoms with Crippen molar-refractivity contribution in [2.45, 2.75) is 32.7 Å². The van der Waals surface area contributed by atoms with Crippen molar-refractivity contribution >= 4 is 17.4 Å². The minimum atomic E-state index is -0.644. The Morgan fingerprint density at radius 2 is 1.84 bits per heavy atom. The molecule has 0 saturated heterocycles. The summed E-state index contributed by atoms with van der Waals surface area (Å²) in [7, 11) is 0. The molecule has 31 heavy (non-hydrogen) atoms. The number of aromatic nitrogens is 1. The summed E-state index contributed by atoms with van der Waals surface area (Å²) >= 11 is 0. The average Bonchev–Trinajstić information content (AvgIpc) is 2.71. The number of nitrogens with zero attached hydrogens (tertiary/aromatic N) is 2. The summed E-state index contributed by atoms with van der Waals surface area (Å²) in [5, 5.41) is 14.0. The standard InChI is InChI=1S/C23H23FN4O3/c1-23(2,3)17-8-6-14(7-9-17)22(29)27-13-16-5-4-15(12-19(16)24)18-10-11-26-21(25)20(18)28(30)31/h4-12H,13H2,1-3H3,(H2,25,26)(H,27,29). The number of pyridine rings is 1. The molecule has 3 aromatic rings. The fraction of sp³-hybridized carbons (Fsp3) is 0.217. The number of carbonyl (C=O) groups excluding carboxylic acids is 1. The second-order valence-corrected chi connectivity index (χ2v) is 8.17. The van der Waals surface area contributed by atoms with E-state index in [0.29, 0.717) is 11.1 Å². The van der Waals surface area contributed by atoms with E-state index in [0.717, 1.165) is 5.56 Å². The van der Waals surface area contributed by atoms with Gasteiger partial charge in [-0.05, 0) is 40.8 Å². The molecule has 0 fully saturated rings. The van der Waals surface area contributed by atoms with E-state index >= 15 is 0 Å². The molecule has 1 aromatic heterocycles. The van der Waals surface area contributed by atoms with Crippen LogP contribution in [0.3, 0.4) is 0 Å². The topological polar surface area (TPSA) is 111 Å². The summed E-state index contributed by atoms with van der Waals surface area (Å²) in [4.78, 5) is 26.8. The molecule has 3 rings (SSSR count). The van der Waals surface area contributed by atoms with E-state index in [1.807, 2.05) is 12.1 Å². The Kier molecular flexibility index (Phi) is 6.01. The van der Waals surface area contributed by atoms with Crippen LogP contribution in [0.25, 0.3) is 11.1 Å². The molecule has 0 unspecified atom stereocenters. The van der Waals surface area contributed by atoms with E-state index in [4.69, 9.17) is 5.73 Å². The lowest BCUT2D eigenvalue weighted by atomic mass is 9.87. The maximum absolute atomic E-state index is 14.6. The second-order valence-electron chi connectivity index (χ2n) is 8.17. The molecule has 0 aliphatic heterocycles. The largest absolute Gasteiger partial charge is 0.378 e. The lowest BCUT2D eigenvalue weighted by Gasteiger charge is -2.19. The minimum absolute atomic E-state index is 0.0194. The van der Waals surface area contributed by atoms with Crippen LogP contribution in [-0.4, -0.2) is 15.8 Å². The van der Waals surface area contributed by atoms with Gasteiger partial charge in [0.15, 0.2) is 0 Å². The van der Waals surface area contributed by atoms with Crippen molar-refractivity contribution < 1.29 is 14.1 Å². The molecule has 3 N–H and O–H groups in total. The molecule has 160 valence electrons. The highest BCUT2D eigenvalue weighted by molar-refractivity contribution is 5.94. The molecule has 1 amide bonds. The van der Waals surface area contributed by atoms with Crippen molar-refractivity contribution in [3.8, 4) is 11.1 Å². The number of carbonyl (C=O) groups is 1. The number of rotatable bonds is 5. The third-order valence-corrected chi connectivity index (χ3v) is 4.95. The van der Waals surface area contributed by atoms with Crippen LogP contribution >= 0.6 is 0 Å². The molecule has 0 aliphatic carbocycles. The number of nitrogens with two attached hydrogens (primary N) is 1. The van der Waals surface area contributed by atoms with Crippen molar-refractivity contribution in [3.63, 3.8) is 0 Å². The summed E-state index contributed by atoms with van der Waals surface area (Å²) in [6.45, 7) is 6.24. The second kappa shape index (κ2) is 8.51. The van der Waals surface area contributed by atoms with Gasteiger partial charge in [0.1, 0.15) is 5.82 Å². The van der Waals surface area contributed by atoms with Gasteiger partial charge < -0.3 is 11.1 Å². The molecule has 7 nitrogen and oxygen atoms in total. The summed E-state index contributed by atoms with van der Waals surface area (Å²) in [5.41, 5.74) is 7.52. The smallest absolute Gasteiger partial charge is 0.318 e. The first kappa shape index (κ1) is 21.9. The zero-order valence-corrected chi connectivity index (χ0v) is 17.5. The summed E-state index contributed by atoms with van der Waals surface area (Å²) in [6.07, 6.45) is 1.33. The van der Waals surface area contributed by atoms with Crippen LogP contribution < -0.4 is 11.1 Å². The normalized spacial score (nSPS) is 11.2. The van der Waals surface area contributed by atoms with Gasteiger partial charge in [-0.1, -0.05) is 45.0 Å². The van der Waals surface area contributed by atoms with Gasteiger partial charge in [-0.2, -0.15) is 0 Å². The quantitative estimate of drug-likeness (QED) is 0.461. The Labute approximate surface area is 179 Å². The number of nitrogen functional groups attached to an aromatic ring is 1. The van der Waals surface area contributed by atoms with E-state index in [-0.39, 0.29) is 40.5 Å². The van der Waals surface area contributed by atoms with Crippen LogP contribution in [0.1, 0.15) is 42.3 Å². The first-order chi connectivity index (χ1) is 14.6. The van der Waals surface area contributed by atoms with Gasteiger partial charge in [-0.15, -0.1) is 0 Å². The van der Waals surface area contributed by atoms with Gasteiger partial charge in [0.25, 0.3) is 5.91 Å². The first-order valence-electron chi connectivity index (χ1n) is 9.64. The van der Waals surface area contributed by atoms with Gasteiger partial charge in [0.2, 0.25) is 5.82 Å². The number of nitro groups is 1. The Morgan fingerprint density at radius 3 is 2.42 bits per heavy atom. The van der Waals surface area contributed by atoms with E-state index in [2.05, 4.69) is 31.1 Å². The van der Waals surface area contributed by atoms with E-state index in [1.165, 1.54) is 24.4 Å². The molecule has 0 spiro atoms. The Bertz CT molecular complexity index is 1140. The van der Waals surface area contributed by atoms with Crippen molar-refractivity contribution in [1.82, 2.24) is 10.3 Å². The molecule has 0 atom stereocenters. The maximum atomic E-state index is 14.6. The highest BCUT2D eigenvalue weighted by Crippen LogP contribution is 2.33. The van der Waals surface area contributed by atoms with Crippen LogP contribution in [0.15, 0.2) is 54.7 Å². The fourth-order valence-corrected chi connectivity index (χ4v) is 3.15. The lowest BCUT2D eigenvalue weighted by molar-refractivity contribution is -0.383. The van der Waals surface area contributed by atoms with Gasteiger partial charge >= 0.3 is 5.69 Å². The Morgan fingerprint density at radius 1 is 1.16 bits per heavy atom. The van der Waals surface area contributed by atoms with Gasteiger partial charge in [-0.25, -0.2) is 9.37 Å². The number of hydrogen-bond donors (Lipinski definition) is 2. The highest BCUT2D eigenvalue weighted by atomic mass is 19.1. The van der Waals surface area contributed by atoms with E-state index in [9.17, 15) is 19.3 Å². The highest BCUT2D eigenvalue weighted by Gasteiger charge is 2.21. The molecule has 0 bridgehead atoms. The predicted octanol–water partition coefficient (Wildman–Crippen LogP) is 4.61. The van der Waals surface area contributed by atoms with Crippen molar-refractivity contribution in [2.24, 2.45) is 0 Å². The third-order valence-electron chi connectivity index (χ3n) is 4.95. The van der Waals surface area contributed by atoms with Crippen molar-refractivity contribution in [2.75, 3.05) is 5.73 Å². The fourth-order valence-electron chi connectivity index (χ4n) is 3.15. The van der Waals surface area contributed by atoms with E-state index in [1.54, 1.807) is 18.2 Å². The maximum Gasteiger partial charge on any atom is 0.318 e. The first-order valence-corrected chi connectivity index (χ1v) is 9.64. The molecule has 0 radical (unpaired) electrons. The summed E-state index contributed by atoms with van der Waals surface area (Å²) in [5.74, 6) is -1.15. The number of anilines is 1. The third kappa shape index (κ3) is 4.85. The molecule has 8 heteroatoms. The van der Waals surface area contributed by atoms with Crippen LogP contribution in [0.2, 0.25) is 0 Å². The molecular formula is C23H23FN4O3. The molecule has 0 aliphatic rings. The number of benzene rings is 2. The number of amides is 1. The SMILES string of the molecule is CC(C)(C)c1ccc(C(=O)NCc2ccc(-c3ccnc(N)c3[N+](=O)[O-])cc2F)cc1. The minimum Gasteiger partial charge on any atom is -0.378 e. The van der Waals surface area contributed by atoms with Crippen molar-refractivity contribution in [3.05, 3.63) is 87.3 Å². The lowest BCUT2D eigenvalue weighted by Crippen LogP contribution is -2.23. The summed E-state index contributed by atoms with van der Waals surface area (Å²) < 4.78 is 14.6. The van der Waals surface area contributed by atoms with Crippen LogP contribution in [0.5, 0.6) is 0 Å². The molecule has 1 heterocycles. The number of hydrogen-bond acceptors (Lipinski definition) is 5. The summed E-state index contributed by atoms with van der Waals surface area (Å²) in [6, 6.07) is 12.9. The van der Waals surface area contributed by atoms with Gasteiger partial charge in [-0.3, -0.25) is 14.9 Å².